The van der Waals surface area contributed by atoms with Crippen LogP contribution in [0.1, 0.15) is 44.5 Å². The van der Waals surface area contributed by atoms with Crippen LogP contribution in [-0.4, -0.2) is 0 Å². The first kappa shape index (κ1) is 30.5. The Morgan fingerprint density at radius 3 is 1.64 bits per heavy atom. The molecule has 0 amide bonds. The van der Waals surface area contributed by atoms with Gasteiger partial charge < -0.3 is 4.74 Å². The molecule has 0 atom stereocenters. The van der Waals surface area contributed by atoms with Gasteiger partial charge in [0.05, 0.1) is 10.8 Å². The van der Waals surface area contributed by atoms with Crippen LogP contribution in [0.4, 0.5) is 0 Å². The van der Waals surface area contributed by atoms with Gasteiger partial charge >= 0.3 is 0 Å². The monoisotopic (exact) mass is 698 g/mol. The molecule has 256 valence electrons. The van der Waals surface area contributed by atoms with E-state index in [9.17, 15) is 0 Å². The summed E-state index contributed by atoms with van der Waals surface area (Å²) in [6.45, 7) is 0. The fourth-order valence-corrected chi connectivity index (χ4v) is 10.5. The minimum atomic E-state index is -0.584. The summed E-state index contributed by atoms with van der Waals surface area (Å²) in [6.07, 6.45) is 0. The van der Waals surface area contributed by atoms with E-state index >= 15 is 0 Å². The summed E-state index contributed by atoms with van der Waals surface area (Å²) in [6, 6.07) is 76.0. The van der Waals surface area contributed by atoms with Crippen molar-refractivity contribution in [3.8, 4) is 44.9 Å². The normalized spacial score (nSPS) is 14.6. The van der Waals surface area contributed by atoms with Crippen LogP contribution in [0, 0.1) is 0 Å². The van der Waals surface area contributed by atoms with Gasteiger partial charge in [-0.25, -0.2) is 0 Å². The number of rotatable bonds is 3. The SMILES string of the molecule is c1ccc(C2(c3ccccc3)c3ccccc3Oc3c(-c4ccc5c(c4)C4(c6ccccc6-c6ccccc64)c4ccc6ccccc6c4-5)cccc32)cc1. The maximum Gasteiger partial charge on any atom is 0.140 e. The molecule has 9 aromatic carbocycles. The first-order chi connectivity index (χ1) is 27.3. The van der Waals surface area contributed by atoms with Crippen LogP contribution in [0.3, 0.4) is 0 Å². The second kappa shape index (κ2) is 11.3. The van der Waals surface area contributed by atoms with Crippen LogP contribution >= 0.6 is 0 Å². The molecule has 1 heteroatoms. The van der Waals surface area contributed by atoms with Crippen LogP contribution in [0.2, 0.25) is 0 Å². The third-order valence-electron chi connectivity index (χ3n) is 12.6. The third-order valence-corrected chi connectivity index (χ3v) is 12.6. The lowest BCUT2D eigenvalue weighted by Gasteiger charge is -2.42. The van der Waals surface area contributed by atoms with Crippen molar-refractivity contribution in [2.75, 3.05) is 0 Å². The van der Waals surface area contributed by atoms with E-state index in [1.54, 1.807) is 0 Å². The Morgan fingerprint density at radius 2 is 0.909 bits per heavy atom. The highest BCUT2D eigenvalue weighted by molar-refractivity contribution is 6.06. The maximum atomic E-state index is 7.13. The molecule has 0 N–H and O–H groups in total. The third kappa shape index (κ3) is 3.87. The lowest BCUT2D eigenvalue weighted by molar-refractivity contribution is 0.436. The highest BCUT2D eigenvalue weighted by Gasteiger charge is 2.52. The molecule has 0 saturated carbocycles. The second-order valence-corrected chi connectivity index (χ2v) is 15.1. The average molecular weight is 699 g/mol. The van der Waals surface area contributed by atoms with Crippen molar-refractivity contribution >= 4 is 10.8 Å². The Kier molecular flexibility index (Phi) is 6.25. The van der Waals surface area contributed by atoms with Gasteiger partial charge in [0.2, 0.25) is 0 Å². The van der Waals surface area contributed by atoms with Crippen molar-refractivity contribution in [2.24, 2.45) is 0 Å². The Balaban J connectivity index is 1.17. The molecule has 55 heavy (non-hydrogen) atoms. The predicted octanol–water partition coefficient (Wildman–Crippen LogP) is 13.3. The number of ether oxygens (including phenoxy) is 1. The summed E-state index contributed by atoms with van der Waals surface area (Å²) < 4.78 is 7.13. The van der Waals surface area contributed by atoms with E-state index in [-0.39, 0.29) is 0 Å². The largest absolute Gasteiger partial charge is 0.456 e. The summed E-state index contributed by atoms with van der Waals surface area (Å²) in [7, 11) is 0. The molecular formula is C54H34O. The van der Waals surface area contributed by atoms with Crippen molar-refractivity contribution in [1.82, 2.24) is 0 Å². The summed E-state index contributed by atoms with van der Waals surface area (Å²) >= 11 is 0. The topological polar surface area (TPSA) is 9.23 Å². The fraction of sp³-hybridized carbons (Fsp3) is 0.0370. The molecule has 0 bridgehead atoms. The first-order valence-corrected chi connectivity index (χ1v) is 19.2. The van der Waals surface area contributed by atoms with Gasteiger partial charge in [0.25, 0.3) is 0 Å². The number of fused-ring (bicyclic) bond motifs is 14. The molecule has 0 fully saturated rings. The lowest BCUT2D eigenvalue weighted by atomic mass is 9.63. The Bertz CT molecular complexity index is 2930. The van der Waals surface area contributed by atoms with Gasteiger partial charge in [-0.2, -0.15) is 0 Å². The number of benzene rings is 9. The van der Waals surface area contributed by atoms with Crippen LogP contribution in [0.25, 0.3) is 44.2 Å². The minimum absolute atomic E-state index is 0.460. The van der Waals surface area contributed by atoms with Gasteiger partial charge in [-0.05, 0) is 84.1 Å². The molecule has 3 aliphatic rings. The van der Waals surface area contributed by atoms with Crippen molar-refractivity contribution in [2.45, 2.75) is 10.8 Å². The van der Waals surface area contributed by atoms with Crippen LogP contribution in [0.5, 0.6) is 11.5 Å². The predicted molar refractivity (Wildman–Crippen MR) is 224 cm³/mol. The molecule has 1 spiro atoms. The van der Waals surface area contributed by atoms with Crippen molar-refractivity contribution in [1.29, 1.82) is 0 Å². The number of para-hydroxylation sites is 2. The Morgan fingerprint density at radius 1 is 0.327 bits per heavy atom. The zero-order valence-corrected chi connectivity index (χ0v) is 30.0. The highest BCUT2D eigenvalue weighted by atomic mass is 16.5. The molecule has 1 aliphatic heterocycles. The van der Waals surface area contributed by atoms with E-state index in [0.717, 1.165) is 33.8 Å². The summed E-state index contributed by atoms with van der Waals surface area (Å²) in [4.78, 5) is 0. The zero-order valence-electron chi connectivity index (χ0n) is 30.0. The second-order valence-electron chi connectivity index (χ2n) is 15.1. The summed E-state index contributed by atoms with van der Waals surface area (Å²) in [5.74, 6) is 1.78. The minimum Gasteiger partial charge on any atom is -0.456 e. The number of hydrogen-bond donors (Lipinski definition) is 0. The number of hydrogen-bond acceptors (Lipinski definition) is 1. The van der Waals surface area contributed by atoms with Gasteiger partial charge in [-0.1, -0.05) is 194 Å². The van der Waals surface area contributed by atoms with Crippen molar-refractivity contribution in [3.63, 3.8) is 0 Å². The molecule has 1 heterocycles. The van der Waals surface area contributed by atoms with Gasteiger partial charge in [-0.15, -0.1) is 0 Å². The molecule has 2 aliphatic carbocycles. The Hall–Kier alpha value is -6.96. The van der Waals surface area contributed by atoms with E-state index in [4.69, 9.17) is 4.74 Å². The summed E-state index contributed by atoms with van der Waals surface area (Å²) in [5.41, 5.74) is 16.5. The van der Waals surface area contributed by atoms with Gasteiger partial charge in [0.15, 0.2) is 0 Å². The molecule has 1 nitrogen and oxygen atoms in total. The Labute approximate surface area is 320 Å². The first-order valence-electron chi connectivity index (χ1n) is 19.2. The van der Waals surface area contributed by atoms with E-state index in [1.807, 2.05) is 0 Å². The molecule has 0 aromatic heterocycles. The zero-order chi connectivity index (χ0) is 36.1. The van der Waals surface area contributed by atoms with E-state index in [0.29, 0.717) is 0 Å². The quantitative estimate of drug-likeness (QED) is 0.178. The molecule has 0 unspecified atom stereocenters. The summed E-state index contributed by atoms with van der Waals surface area (Å²) in [5, 5.41) is 2.55. The smallest absolute Gasteiger partial charge is 0.140 e. The average Bonchev–Trinajstić information content (AvgIpc) is 3.73. The van der Waals surface area contributed by atoms with Gasteiger partial charge in [-0.3, -0.25) is 0 Å². The fourth-order valence-electron chi connectivity index (χ4n) is 10.5. The molecule has 0 radical (unpaired) electrons. The van der Waals surface area contributed by atoms with E-state index in [1.165, 1.54) is 66.4 Å². The standard InChI is InChI=1S/C54H34O/c1-3-17-37(18-4-1)53(38-19-5-2-6-20-38)46-27-13-14-29-50(46)55-52-40(24-15-28-48(52)53)36-30-32-43-49(34-36)54(47-33-31-35-16-7-8-21-39(35)51(43)47)44-25-11-9-22-41(44)42-23-10-12-26-45(42)54/h1-34H. The lowest BCUT2D eigenvalue weighted by Crippen LogP contribution is -2.34. The molecular weight excluding hydrogens is 665 g/mol. The van der Waals surface area contributed by atoms with Crippen molar-refractivity contribution in [3.05, 3.63) is 251 Å². The van der Waals surface area contributed by atoms with E-state index in [2.05, 4.69) is 206 Å². The van der Waals surface area contributed by atoms with Gasteiger partial charge in [0.1, 0.15) is 11.5 Å². The molecule has 0 saturated heterocycles. The van der Waals surface area contributed by atoms with Crippen LogP contribution in [0.15, 0.2) is 206 Å². The van der Waals surface area contributed by atoms with Gasteiger partial charge in [0, 0.05) is 16.7 Å². The van der Waals surface area contributed by atoms with Crippen molar-refractivity contribution < 1.29 is 4.74 Å². The molecule has 12 rings (SSSR count). The van der Waals surface area contributed by atoms with E-state index < -0.39 is 10.8 Å². The van der Waals surface area contributed by atoms with Crippen LogP contribution in [-0.2, 0) is 10.8 Å². The van der Waals surface area contributed by atoms with Crippen LogP contribution < -0.4 is 4.74 Å². The molecule has 9 aromatic rings. The highest BCUT2D eigenvalue weighted by Crippen LogP contribution is 2.65. The maximum absolute atomic E-state index is 7.13.